The summed E-state index contributed by atoms with van der Waals surface area (Å²) < 4.78 is 35.4. The molecule has 14 heavy (non-hydrogen) atoms. The molecule has 0 bridgehead atoms. The van der Waals surface area contributed by atoms with Crippen molar-refractivity contribution in [1.82, 2.24) is 0 Å². The van der Waals surface area contributed by atoms with Gasteiger partial charge in [-0.25, -0.2) is 0 Å². The van der Waals surface area contributed by atoms with Crippen molar-refractivity contribution in [2.75, 3.05) is 0 Å². The van der Waals surface area contributed by atoms with Crippen LogP contribution in [0.15, 0.2) is 39.8 Å². The summed E-state index contributed by atoms with van der Waals surface area (Å²) in [6, 6.07) is 6.17. The predicted octanol–water partition coefficient (Wildman–Crippen LogP) is 2.10. The maximum atomic E-state index is 10.8. The van der Waals surface area contributed by atoms with E-state index in [0.29, 0.717) is 5.39 Å². The van der Waals surface area contributed by atoms with Gasteiger partial charge in [-0.15, -0.1) is 12.4 Å². The highest BCUT2D eigenvalue weighted by molar-refractivity contribution is 7.86. The minimum absolute atomic E-state index is 0. The zero-order valence-electron chi connectivity index (χ0n) is 6.88. The number of hydrogen-bond donors (Lipinski definition) is 1. The molecule has 0 aliphatic heterocycles. The number of halogens is 1. The normalized spacial score (nSPS) is 11.2. The Hall–Kier alpha value is -1.04. The number of rotatable bonds is 1. The van der Waals surface area contributed by atoms with E-state index < -0.39 is 10.1 Å². The summed E-state index contributed by atoms with van der Waals surface area (Å²) in [5.41, 5.74) is 0.185. The summed E-state index contributed by atoms with van der Waals surface area (Å²) in [4.78, 5) is -0.199. The van der Waals surface area contributed by atoms with Crippen LogP contribution in [0.5, 0.6) is 0 Å². The molecule has 4 nitrogen and oxygen atoms in total. The molecule has 1 heterocycles. The second-order valence-electron chi connectivity index (χ2n) is 2.57. The van der Waals surface area contributed by atoms with Crippen LogP contribution in [0, 0.1) is 0 Å². The van der Waals surface area contributed by atoms with Crippen molar-refractivity contribution in [1.29, 1.82) is 0 Å². The maximum Gasteiger partial charge on any atom is 0.298 e. The smallest absolute Gasteiger partial charge is 0.298 e. The summed E-state index contributed by atoms with van der Waals surface area (Å²) in [5.74, 6) is 0. The van der Waals surface area contributed by atoms with Crippen LogP contribution in [0.1, 0.15) is 0 Å². The van der Waals surface area contributed by atoms with Gasteiger partial charge in [0.05, 0.1) is 6.26 Å². The van der Waals surface area contributed by atoms with Crippen molar-refractivity contribution >= 4 is 33.5 Å². The molecule has 0 aliphatic rings. The molecule has 2 rings (SSSR count). The Morgan fingerprint density at radius 3 is 2.57 bits per heavy atom. The highest BCUT2D eigenvalue weighted by Gasteiger charge is 2.15. The Bertz CT molecular complexity index is 543. The van der Waals surface area contributed by atoms with E-state index in [0.717, 1.165) is 0 Å². The van der Waals surface area contributed by atoms with Gasteiger partial charge in [0.2, 0.25) is 0 Å². The lowest BCUT2D eigenvalue weighted by molar-refractivity contribution is 0.481. The molecule has 0 aliphatic carbocycles. The van der Waals surface area contributed by atoms with E-state index in [1.54, 1.807) is 18.2 Å². The van der Waals surface area contributed by atoms with Gasteiger partial charge in [-0.3, -0.25) is 4.55 Å². The zero-order chi connectivity index (χ0) is 9.47. The van der Waals surface area contributed by atoms with Crippen molar-refractivity contribution < 1.29 is 17.4 Å². The Kier molecular flexibility index (Phi) is 2.84. The predicted molar refractivity (Wildman–Crippen MR) is 53.3 cm³/mol. The topological polar surface area (TPSA) is 67.5 Å². The first-order valence-corrected chi connectivity index (χ1v) is 4.97. The third-order valence-corrected chi connectivity index (χ3v) is 2.60. The maximum absolute atomic E-state index is 10.8. The van der Waals surface area contributed by atoms with E-state index in [1.165, 1.54) is 12.3 Å². The van der Waals surface area contributed by atoms with Crippen LogP contribution >= 0.6 is 12.4 Å². The molecule has 0 atom stereocenters. The van der Waals surface area contributed by atoms with Gasteiger partial charge in [-0.2, -0.15) is 8.42 Å². The summed E-state index contributed by atoms with van der Waals surface area (Å²) in [6.07, 6.45) is 1.37. The number of hydrogen-bond acceptors (Lipinski definition) is 3. The van der Waals surface area contributed by atoms with E-state index in [1.807, 2.05) is 0 Å². The van der Waals surface area contributed by atoms with Gasteiger partial charge in [-0.1, -0.05) is 12.1 Å². The quantitative estimate of drug-likeness (QED) is 0.768. The minimum Gasteiger partial charge on any atom is -0.463 e. The van der Waals surface area contributed by atoms with E-state index in [-0.39, 0.29) is 22.9 Å². The van der Waals surface area contributed by atoms with Crippen molar-refractivity contribution in [3.63, 3.8) is 0 Å². The lowest BCUT2D eigenvalue weighted by Gasteiger charge is -1.96. The number of fused-ring (bicyclic) bond motifs is 1. The fourth-order valence-corrected chi connectivity index (χ4v) is 1.82. The molecule has 1 aromatic carbocycles. The monoisotopic (exact) mass is 234 g/mol. The number of furan rings is 1. The van der Waals surface area contributed by atoms with Crippen molar-refractivity contribution in [3.05, 3.63) is 30.5 Å². The van der Waals surface area contributed by atoms with Crippen LogP contribution in [0.2, 0.25) is 0 Å². The average Bonchev–Trinajstić information content (AvgIpc) is 2.48. The molecule has 0 saturated carbocycles. The fraction of sp³-hybridized carbons (Fsp3) is 0. The van der Waals surface area contributed by atoms with Gasteiger partial charge in [0.15, 0.2) is 5.58 Å². The summed E-state index contributed by atoms with van der Waals surface area (Å²) >= 11 is 0. The molecule has 6 heteroatoms. The van der Waals surface area contributed by atoms with Crippen molar-refractivity contribution in [3.8, 4) is 0 Å². The molecule has 0 amide bonds. The molecule has 0 spiro atoms. The number of para-hydroxylation sites is 1. The summed E-state index contributed by atoms with van der Waals surface area (Å²) in [5, 5.41) is 0.648. The molecule has 1 N–H and O–H groups in total. The average molecular weight is 235 g/mol. The van der Waals surface area contributed by atoms with Gasteiger partial charge >= 0.3 is 0 Å². The van der Waals surface area contributed by atoms with E-state index in [2.05, 4.69) is 0 Å². The Balaban J connectivity index is 0.000000980. The highest BCUT2D eigenvalue weighted by atomic mass is 35.5. The highest BCUT2D eigenvalue weighted by Crippen LogP contribution is 2.23. The molecule has 0 saturated heterocycles. The molecular weight excluding hydrogens is 228 g/mol. The van der Waals surface area contributed by atoms with Gasteiger partial charge in [0.25, 0.3) is 10.1 Å². The lowest BCUT2D eigenvalue weighted by Crippen LogP contribution is -1.97. The molecule has 0 radical (unpaired) electrons. The van der Waals surface area contributed by atoms with Crippen LogP contribution in [0.4, 0.5) is 0 Å². The second-order valence-corrected chi connectivity index (χ2v) is 3.96. The van der Waals surface area contributed by atoms with Crippen LogP contribution in [0.25, 0.3) is 11.0 Å². The molecule has 0 unspecified atom stereocenters. The first-order chi connectivity index (χ1) is 6.09. The van der Waals surface area contributed by atoms with E-state index >= 15 is 0 Å². The molecular formula is C8H7ClO4S. The fourth-order valence-electron chi connectivity index (χ4n) is 1.17. The first-order valence-electron chi connectivity index (χ1n) is 3.53. The molecule has 1 aromatic heterocycles. The SMILES string of the molecule is Cl.O=S(=O)(O)c1cccc2ccoc12. The molecule has 2 aromatic rings. The summed E-state index contributed by atoms with van der Waals surface area (Å²) in [7, 11) is -4.19. The van der Waals surface area contributed by atoms with Gasteiger partial charge in [0.1, 0.15) is 4.90 Å². The van der Waals surface area contributed by atoms with Gasteiger partial charge in [-0.05, 0) is 12.1 Å². The third kappa shape index (κ3) is 1.75. The van der Waals surface area contributed by atoms with Crippen LogP contribution in [-0.2, 0) is 10.1 Å². The number of benzene rings is 1. The Morgan fingerprint density at radius 1 is 1.21 bits per heavy atom. The summed E-state index contributed by atoms with van der Waals surface area (Å²) in [6.45, 7) is 0. The van der Waals surface area contributed by atoms with Crippen LogP contribution in [0.3, 0.4) is 0 Å². The van der Waals surface area contributed by atoms with Crippen LogP contribution < -0.4 is 0 Å². The van der Waals surface area contributed by atoms with E-state index in [9.17, 15) is 8.42 Å². The second kappa shape index (κ2) is 3.61. The standard InChI is InChI=1S/C8H6O4S.ClH/c9-13(10,11)7-3-1-2-6-4-5-12-8(6)7;/h1-5H,(H,9,10,11);1H. The van der Waals surface area contributed by atoms with Crippen molar-refractivity contribution in [2.45, 2.75) is 4.90 Å². The largest absolute Gasteiger partial charge is 0.463 e. The molecule has 76 valence electrons. The first kappa shape index (κ1) is 11.0. The van der Waals surface area contributed by atoms with Gasteiger partial charge in [0, 0.05) is 5.39 Å². The third-order valence-electron chi connectivity index (χ3n) is 1.72. The minimum atomic E-state index is -4.19. The Labute approximate surface area is 86.7 Å². The zero-order valence-corrected chi connectivity index (χ0v) is 8.51. The van der Waals surface area contributed by atoms with E-state index in [4.69, 9.17) is 8.97 Å². The lowest BCUT2D eigenvalue weighted by atomic mass is 10.3. The molecule has 0 fully saturated rings. The van der Waals surface area contributed by atoms with Crippen molar-refractivity contribution in [2.24, 2.45) is 0 Å². The Morgan fingerprint density at radius 2 is 1.93 bits per heavy atom. The van der Waals surface area contributed by atoms with Crippen LogP contribution in [-0.4, -0.2) is 13.0 Å². The van der Waals surface area contributed by atoms with Gasteiger partial charge < -0.3 is 4.42 Å².